The molecule has 0 saturated carbocycles. The van der Waals surface area contributed by atoms with Crippen molar-refractivity contribution in [1.29, 1.82) is 0 Å². The monoisotopic (exact) mass is 438 g/mol. The van der Waals surface area contributed by atoms with Crippen LogP contribution in [0.2, 0.25) is 0 Å². The highest BCUT2D eigenvalue weighted by molar-refractivity contribution is 5.99. The van der Waals surface area contributed by atoms with Crippen LogP contribution in [0.4, 0.5) is 18.9 Å². The Kier molecular flexibility index (Phi) is 7.68. The van der Waals surface area contributed by atoms with Gasteiger partial charge in [0.15, 0.2) is 11.5 Å². The molecular formula is C20H17F3N2O6. The summed E-state index contributed by atoms with van der Waals surface area (Å²) >= 11 is 0. The van der Waals surface area contributed by atoms with Crippen molar-refractivity contribution in [2.24, 2.45) is 0 Å². The maximum Gasteiger partial charge on any atom is 0.416 e. The van der Waals surface area contributed by atoms with Gasteiger partial charge in [0.05, 0.1) is 37.3 Å². The predicted octanol–water partition coefficient (Wildman–Crippen LogP) is 3.44. The fourth-order valence-electron chi connectivity index (χ4n) is 2.42. The SMILES string of the molecule is COc1cc(C(=O)NCC#CCOc2cccc(C(F)(F)F)c2)c([N+](=O)[O-])cc1OC. The molecule has 0 radical (unpaired) electrons. The molecule has 1 N–H and O–H groups in total. The first-order valence-electron chi connectivity index (χ1n) is 8.61. The van der Waals surface area contributed by atoms with Gasteiger partial charge >= 0.3 is 6.18 Å². The Balaban J connectivity index is 1.98. The van der Waals surface area contributed by atoms with E-state index in [0.717, 1.165) is 18.2 Å². The zero-order valence-corrected chi connectivity index (χ0v) is 16.4. The van der Waals surface area contributed by atoms with E-state index in [1.165, 1.54) is 32.4 Å². The van der Waals surface area contributed by atoms with Crippen molar-refractivity contribution in [2.45, 2.75) is 6.18 Å². The Morgan fingerprint density at radius 3 is 2.42 bits per heavy atom. The number of carbonyl (C=O) groups excluding carboxylic acids is 1. The Morgan fingerprint density at radius 1 is 1.13 bits per heavy atom. The van der Waals surface area contributed by atoms with Crippen molar-refractivity contribution in [2.75, 3.05) is 27.4 Å². The van der Waals surface area contributed by atoms with Crippen molar-refractivity contribution >= 4 is 11.6 Å². The Labute approximate surface area is 175 Å². The molecule has 0 aliphatic heterocycles. The Hall–Kier alpha value is -3.94. The fourth-order valence-corrected chi connectivity index (χ4v) is 2.42. The Bertz CT molecular complexity index is 1030. The second-order valence-corrected chi connectivity index (χ2v) is 5.83. The number of nitrogens with one attached hydrogen (secondary N) is 1. The third kappa shape index (κ3) is 6.27. The normalized spacial score (nSPS) is 10.5. The molecular weight excluding hydrogens is 421 g/mol. The van der Waals surface area contributed by atoms with Gasteiger partial charge in [0.2, 0.25) is 0 Å². The first-order chi connectivity index (χ1) is 14.7. The number of rotatable bonds is 7. The molecule has 31 heavy (non-hydrogen) atoms. The van der Waals surface area contributed by atoms with Crippen LogP contribution in [-0.2, 0) is 6.18 Å². The first-order valence-corrected chi connectivity index (χ1v) is 8.61. The van der Waals surface area contributed by atoms with Gasteiger partial charge in [-0.15, -0.1) is 0 Å². The molecule has 2 aromatic rings. The molecule has 1 amide bonds. The second kappa shape index (κ2) is 10.2. The van der Waals surface area contributed by atoms with Crippen LogP contribution in [0.3, 0.4) is 0 Å². The van der Waals surface area contributed by atoms with E-state index in [0.29, 0.717) is 0 Å². The van der Waals surface area contributed by atoms with E-state index in [9.17, 15) is 28.1 Å². The zero-order valence-electron chi connectivity index (χ0n) is 16.4. The summed E-state index contributed by atoms with van der Waals surface area (Å²) in [6.07, 6.45) is -4.48. The quantitative estimate of drug-likeness (QED) is 0.404. The number of ether oxygens (including phenoxy) is 3. The summed E-state index contributed by atoms with van der Waals surface area (Å²) in [6.45, 7) is -0.385. The van der Waals surface area contributed by atoms with E-state index >= 15 is 0 Å². The van der Waals surface area contributed by atoms with Gasteiger partial charge in [-0.05, 0) is 18.2 Å². The maximum atomic E-state index is 12.7. The number of carbonyl (C=O) groups is 1. The average Bonchev–Trinajstić information content (AvgIpc) is 2.74. The molecule has 11 heteroatoms. The number of nitro benzene ring substituents is 1. The van der Waals surface area contributed by atoms with E-state index in [1.54, 1.807) is 0 Å². The highest BCUT2D eigenvalue weighted by Crippen LogP contribution is 2.34. The van der Waals surface area contributed by atoms with Gasteiger partial charge in [0.1, 0.15) is 17.9 Å². The lowest BCUT2D eigenvalue weighted by atomic mass is 10.1. The van der Waals surface area contributed by atoms with Crippen molar-refractivity contribution in [1.82, 2.24) is 5.32 Å². The lowest BCUT2D eigenvalue weighted by molar-refractivity contribution is -0.385. The second-order valence-electron chi connectivity index (χ2n) is 5.83. The predicted molar refractivity (Wildman–Crippen MR) is 103 cm³/mol. The van der Waals surface area contributed by atoms with Crippen molar-refractivity contribution in [3.05, 3.63) is 57.6 Å². The van der Waals surface area contributed by atoms with Crippen molar-refractivity contribution in [3.63, 3.8) is 0 Å². The van der Waals surface area contributed by atoms with Gasteiger partial charge in [0.25, 0.3) is 11.6 Å². The van der Waals surface area contributed by atoms with Gasteiger partial charge in [-0.1, -0.05) is 17.9 Å². The number of nitrogens with zero attached hydrogens (tertiary/aromatic N) is 1. The number of methoxy groups -OCH3 is 2. The van der Waals surface area contributed by atoms with Gasteiger partial charge in [0, 0.05) is 6.07 Å². The van der Waals surface area contributed by atoms with Crippen LogP contribution in [0.1, 0.15) is 15.9 Å². The van der Waals surface area contributed by atoms with E-state index in [4.69, 9.17) is 14.2 Å². The number of hydrogen-bond acceptors (Lipinski definition) is 6. The topological polar surface area (TPSA) is 99.9 Å². The Morgan fingerprint density at radius 2 is 1.81 bits per heavy atom. The first kappa shape index (κ1) is 23.3. The van der Waals surface area contributed by atoms with Crippen molar-refractivity contribution < 1.29 is 37.1 Å². The number of hydrogen-bond donors (Lipinski definition) is 1. The van der Waals surface area contributed by atoms with Crippen LogP contribution in [0, 0.1) is 22.0 Å². The lowest BCUT2D eigenvalue weighted by Crippen LogP contribution is -2.24. The molecule has 164 valence electrons. The van der Waals surface area contributed by atoms with Crippen LogP contribution in [-0.4, -0.2) is 38.2 Å². The smallest absolute Gasteiger partial charge is 0.416 e. The molecule has 0 aromatic heterocycles. The van der Waals surface area contributed by atoms with E-state index in [-0.39, 0.29) is 36.0 Å². The zero-order chi connectivity index (χ0) is 23.0. The van der Waals surface area contributed by atoms with Gasteiger partial charge in [-0.3, -0.25) is 14.9 Å². The average molecular weight is 438 g/mol. The van der Waals surface area contributed by atoms with Crippen LogP contribution in [0.25, 0.3) is 0 Å². The van der Waals surface area contributed by atoms with E-state index < -0.39 is 28.3 Å². The highest BCUT2D eigenvalue weighted by Gasteiger charge is 2.30. The summed E-state index contributed by atoms with van der Waals surface area (Å²) in [5.74, 6) is 4.54. The number of nitro groups is 1. The minimum absolute atomic E-state index is 0.00545. The number of benzene rings is 2. The molecule has 8 nitrogen and oxygen atoms in total. The number of halogens is 3. The third-order valence-electron chi connectivity index (χ3n) is 3.88. The summed E-state index contributed by atoms with van der Waals surface area (Å²) in [5, 5.41) is 13.6. The molecule has 0 fully saturated rings. The van der Waals surface area contributed by atoms with Crippen LogP contribution in [0.15, 0.2) is 36.4 Å². The van der Waals surface area contributed by atoms with Crippen LogP contribution >= 0.6 is 0 Å². The summed E-state index contributed by atoms with van der Waals surface area (Å²) in [5.41, 5.74) is -1.57. The minimum atomic E-state index is -4.48. The molecule has 0 aliphatic carbocycles. The highest BCUT2D eigenvalue weighted by atomic mass is 19.4. The number of alkyl halides is 3. The molecule has 0 saturated heterocycles. The lowest BCUT2D eigenvalue weighted by Gasteiger charge is -2.10. The summed E-state index contributed by atoms with van der Waals surface area (Å²) in [4.78, 5) is 22.8. The molecule has 0 bridgehead atoms. The van der Waals surface area contributed by atoms with E-state index in [1.807, 2.05) is 0 Å². The molecule has 0 spiro atoms. The molecule has 2 rings (SSSR count). The summed E-state index contributed by atoms with van der Waals surface area (Å²) in [6, 6.07) is 6.58. The third-order valence-corrected chi connectivity index (χ3v) is 3.88. The van der Waals surface area contributed by atoms with Gasteiger partial charge in [-0.25, -0.2) is 0 Å². The number of amides is 1. The molecule has 2 aromatic carbocycles. The molecule has 0 heterocycles. The minimum Gasteiger partial charge on any atom is -0.493 e. The maximum absolute atomic E-state index is 12.7. The van der Waals surface area contributed by atoms with Crippen molar-refractivity contribution in [3.8, 4) is 29.1 Å². The fraction of sp³-hybridized carbons (Fsp3) is 0.250. The largest absolute Gasteiger partial charge is 0.493 e. The molecule has 0 unspecified atom stereocenters. The molecule has 0 aliphatic rings. The summed E-state index contributed by atoms with van der Waals surface area (Å²) < 4.78 is 53.2. The van der Waals surface area contributed by atoms with Gasteiger partial charge in [-0.2, -0.15) is 13.2 Å². The summed E-state index contributed by atoms with van der Waals surface area (Å²) in [7, 11) is 2.62. The van der Waals surface area contributed by atoms with Crippen LogP contribution < -0.4 is 19.5 Å². The van der Waals surface area contributed by atoms with Gasteiger partial charge < -0.3 is 19.5 Å². The van der Waals surface area contributed by atoms with Crippen LogP contribution in [0.5, 0.6) is 17.2 Å². The van der Waals surface area contributed by atoms with E-state index in [2.05, 4.69) is 17.2 Å². The standard InChI is InChI=1S/C20H17F3N2O6/c1-29-17-11-15(16(25(27)28)12-18(17)30-2)19(26)24-8-3-4-9-31-14-7-5-6-13(10-14)20(21,22)23/h5-7,10-12H,8-9H2,1-2H3,(H,24,26). The molecule has 0 atom stereocenters.